The Morgan fingerprint density at radius 3 is 2.33 bits per heavy atom. The van der Waals surface area contributed by atoms with Crippen molar-refractivity contribution < 1.29 is 9.53 Å². The fourth-order valence-corrected chi connectivity index (χ4v) is 0.806. The van der Waals surface area contributed by atoms with E-state index < -0.39 is 11.6 Å². The first-order chi connectivity index (χ1) is 5.37. The summed E-state index contributed by atoms with van der Waals surface area (Å²) in [7, 11) is 0. The molecule has 0 saturated heterocycles. The smallest absolute Gasteiger partial charge is 0.323 e. The first kappa shape index (κ1) is 11.4. The van der Waals surface area contributed by atoms with Crippen molar-refractivity contribution >= 4 is 5.97 Å². The van der Waals surface area contributed by atoms with E-state index in [2.05, 4.69) is 0 Å². The molecule has 0 radical (unpaired) electrons. The van der Waals surface area contributed by atoms with Crippen molar-refractivity contribution in [2.24, 2.45) is 5.73 Å². The van der Waals surface area contributed by atoms with Gasteiger partial charge >= 0.3 is 5.97 Å². The van der Waals surface area contributed by atoms with Gasteiger partial charge in [0.25, 0.3) is 0 Å². The minimum atomic E-state index is -0.464. The van der Waals surface area contributed by atoms with Crippen LogP contribution in [0, 0.1) is 0 Å². The molecule has 1 atom stereocenters. The Bertz CT molecular complexity index is 149. The molecule has 0 unspecified atom stereocenters. The van der Waals surface area contributed by atoms with Gasteiger partial charge in [0.15, 0.2) is 0 Å². The molecule has 0 aromatic carbocycles. The SMILES string of the molecule is CCC[C@H](N)C(=O)OC(C)(C)C. The lowest BCUT2D eigenvalue weighted by Crippen LogP contribution is -2.37. The number of hydrogen-bond acceptors (Lipinski definition) is 3. The summed E-state index contributed by atoms with van der Waals surface area (Å²) in [5.41, 5.74) is 5.13. The monoisotopic (exact) mass is 173 g/mol. The van der Waals surface area contributed by atoms with Gasteiger partial charge in [0.2, 0.25) is 0 Å². The summed E-state index contributed by atoms with van der Waals surface area (Å²) in [6.45, 7) is 7.50. The second-order valence-electron chi connectivity index (χ2n) is 3.93. The van der Waals surface area contributed by atoms with Crippen LogP contribution in [0.3, 0.4) is 0 Å². The van der Waals surface area contributed by atoms with E-state index in [1.807, 2.05) is 27.7 Å². The Morgan fingerprint density at radius 2 is 2.00 bits per heavy atom. The number of carbonyl (C=O) groups excluding carboxylic acids is 1. The molecule has 0 aliphatic heterocycles. The molecule has 0 rings (SSSR count). The Morgan fingerprint density at radius 1 is 1.50 bits per heavy atom. The third-order valence-electron chi connectivity index (χ3n) is 1.31. The standard InChI is InChI=1S/C9H19NO2/c1-5-6-7(10)8(11)12-9(2,3)4/h7H,5-6,10H2,1-4H3/t7-/m0/s1. The zero-order chi connectivity index (χ0) is 9.78. The van der Waals surface area contributed by atoms with Crippen LogP contribution in [0.25, 0.3) is 0 Å². The van der Waals surface area contributed by atoms with Gasteiger partial charge in [0.1, 0.15) is 11.6 Å². The molecule has 0 heterocycles. The Hall–Kier alpha value is -0.570. The third-order valence-corrected chi connectivity index (χ3v) is 1.31. The average Bonchev–Trinajstić information content (AvgIpc) is 1.84. The maximum absolute atomic E-state index is 11.2. The molecule has 0 aromatic heterocycles. The summed E-state index contributed by atoms with van der Waals surface area (Å²) < 4.78 is 5.09. The van der Waals surface area contributed by atoms with Crippen LogP contribution in [0.1, 0.15) is 40.5 Å². The van der Waals surface area contributed by atoms with Crippen molar-refractivity contribution in [3.63, 3.8) is 0 Å². The molecule has 3 heteroatoms. The van der Waals surface area contributed by atoms with Gasteiger partial charge in [0.05, 0.1) is 0 Å². The van der Waals surface area contributed by atoms with Crippen LogP contribution in [0.2, 0.25) is 0 Å². The second kappa shape index (κ2) is 4.45. The van der Waals surface area contributed by atoms with Gasteiger partial charge in [-0.05, 0) is 27.2 Å². The molecule has 12 heavy (non-hydrogen) atoms. The summed E-state index contributed by atoms with van der Waals surface area (Å²) in [6.07, 6.45) is 1.59. The van der Waals surface area contributed by atoms with Crippen LogP contribution < -0.4 is 5.73 Å². The minimum absolute atomic E-state index is 0.302. The molecule has 0 bridgehead atoms. The summed E-state index contributed by atoms with van der Waals surface area (Å²) >= 11 is 0. The van der Waals surface area contributed by atoms with E-state index in [1.165, 1.54) is 0 Å². The van der Waals surface area contributed by atoms with Crippen LogP contribution in [0.5, 0.6) is 0 Å². The van der Waals surface area contributed by atoms with Crippen LogP contribution in [-0.4, -0.2) is 17.6 Å². The topological polar surface area (TPSA) is 52.3 Å². The fourth-order valence-electron chi connectivity index (χ4n) is 0.806. The molecule has 2 N–H and O–H groups in total. The largest absolute Gasteiger partial charge is 0.459 e. The molecular weight excluding hydrogens is 154 g/mol. The van der Waals surface area contributed by atoms with E-state index >= 15 is 0 Å². The van der Waals surface area contributed by atoms with Crippen LogP contribution >= 0.6 is 0 Å². The minimum Gasteiger partial charge on any atom is -0.459 e. The van der Waals surface area contributed by atoms with Gasteiger partial charge in [0, 0.05) is 0 Å². The third kappa shape index (κ3) is 5.13. The summed E-state index contributed by atoms with van der Waals surface area (Å²) in [5.74, 6) is -0.302. The van der Waals surface area contributed by atoms with Gasteiger partial charge < -0.3 is 10.5 Å². The first-order valence-corrected chi connectivity index (χ1v) is 4.35. The lowest BCUT2D eigenvalue weighted by molar-refractivity contribution is -0.156. The Kier molecular flexibility index (Phi) is 4.24. The van der Waals surface area contributed by atoms with Crippen molar-refractivity contribution in [2.45, 2.75) is 52.2 Å². The predicted molar refractivity (Wildman–Crippen MR) is 48.7 cm³/mol. The molecule has 0 amide bonds. The summed E-state index contributed by atoms with van der Waals surface area (Å²) in [4.78, 5) is 11.2. The molecule has 0 aromatic rings. The number of hydrogen-bond donors (Lipinski definition) is 1. The molecular formula is C9H19NO2. The number of rotatable bonds is 3. The van der Waals surface area contributed by atoms with E-state index in [1.54, 1.807) is 0 Å². The van der Waals surface area contributed by atoms with Crippen LogP contribution in [0.4, 0.5) is 0 Å². The maximum atomic E-state index is 11.2. The van der Waals surface area contributed by atoms with E-state index in [4.69, 9.17) is 10.5 Å². The highest BCUT2D eigenvalue weighted by molar-refractivity contribution is 5.75. The molecule has 3 nitrogen and oxygen atoms in total. The van der Waals surface area contributed by atoms with Crippen LogP contribution in [-0.2, 0) is 9.53 Å². The normalized spacial score (nSPS) is 14.1. The number of ether oxygens (including phenoxy) is 1. The second-order valence-corrected chi connectivity index (χ2v) is 3.93. The highest BCUT2D eigenvalue weighted by Gasteiger charge is 2.20. The zero-order valence-corrected chi connectivity index (χ0v) is 8.39. The number of carbonyl (C=O) groups is 1. The van der Waals surface area contributed by atoms with Gasteiger partial charge in [-0.25, -0.2) is 0 Å². The molecule has 0 aliphatic carbocycles. The lowest BCUT2D eigenvalue weighted by Gasteiger charge is -2.21. The molecule has 0 aliphatic rings. The van der Waals surface area contributed by atoms with Gasteiger partial charge in [-0.1, -0.05) is 13.3 Å². The summed E-state index contributed by atoms with van der Waals surface area (Å²) in [6, 6.07) is -0.464. The van der Waals surface area contributed by atoms with E-state index in [0.29, 0.717) is 6.42 Å². The van der Waals surface area contributed by atoms with Crippen molar-refractivity contribution in [3.05, 3.63) is 0 Å². The van der Waals surface area contributed by atoms with E-state index in [-0.39, 0.29) is 5.97 Å². The first-order valence-electron chi connectivity index (χ1n) is 4.35. The lowest BCUT2D eigenvalue weighted by atomic mass is 10.1. The van der Waals surface area contributed by atoms with Gasteiger partial charge in [-0.3, -0.25) is 4.79 Å². The fraction of sp³-hybridized carbons (Fsp3) is 0.889. The Labute approximate surface area is 74.3 Å². The van der Waals surface area contributed by atoms with Crippen molar-refractivity contribution in [1.29, 1.82) is 0 Å². The maximum Gasteiger partial charge on any atom is 0.323 e. The highest BCUT2D eigenvalue weighted by atomic mass is 16.6. The van der Waals surface area contributed by atoms with Crippen LogP contribution in [0.15, 0.2) is 0 Å². The zero-order valence-electron chi connectivity index (χ0n) is 8.39. The van der Waals surface area contributed by atoms with Crippen molar-refractivity contribution in [1.82, 2.24) is 0 Å². The summed E-state index contributed by atoms with van der Waals surface area (Å²) in [5, 5.41) is 0. The Balaban J connectivity index is 3.87. The predicted octanol–water partition coefficient (Wildman–Crippen LogP) is 1.46. The number of nitrogens with two attached hydrogens (primary N) is 1. The molecule has 72 valence electrons. The molecule has 0 spiro atoms. The quantitative estimate of drug-likeness (QED) is 0.657. The average molecular weight is 173 g/mol. The number of esters is 1. The molecule has 0 saturated carbocycles. The van der Waals surface area contributed by atoms with Gasteiger partial charge in [-0.15, -0.1) is 0 Å². The van der Waals surface area contributed by atoms with Crippen molar-refractivity contribution in [2.75, 3.05) is 0 Å². The molecule has 0 fully saturated rings. The highest BCUT2D eigenvalue weighted by Crippen LogP contribution is 2.09. The van der Waals surface area contributed by atoms with E-state index in [0.717, 1.165) is 6.42 Å². The van der Waals surface area contributed by atoms with E-state index in [9.17, 15) is 4.79 Å². The van der Waals surface area contributed by atoms with Crippen molar-refractivity contribution in [3.8, 4) is 0 Å². The van der Waals surface area contributed by atoms with Gasteiger partial charge in [-0.2, -0.15) is 0 Å².